The molecule has 0 saturated heterocycles. The van der Waals surface area contributed by atoms with Crippen LogP contribution in [0.2, 0.25) is 0 Å². The first kappa shape index (κ1) is 30.2. The van der Waals surface area contributed by atoms with Gasteiger partial charge in [-0.3, -0.25) is 0 Å². The van der Waals surface area contributed by atoms with E-state index in [4.69, 9.17) is 15.4 Å². The molecule has 0 spiro atoms. The molecule has 2 N–H and O–H groups in total. The molecule has 0 atom stereocenters. The number of fused-ring (bicyclic) bond motifs is 4. The van der Waals surface area contributed by atoms with Gasteiger partial charge in [0, 0.05) is 44.8 Å². The van der Waals surface area contributed by atoms with Gasteiger partial charge in [0.15, 0.2) is 0 Å². The number of hydrogen-bond acceptors (Lipinski definition) is 4. The molecule has 2 aromatic heterocycles. The smallest absolute Gasteiger partial charge is 0.0972 e. The van der Waals surface area contributed by atoms with Gasteiger partial charge in [0.2, 0.25) is 0 Å². The van der Waals surface area contributed by atoms with Crippen molar-refractivity contribution >= 4 is 50.6 Å². The Morgan fingerprint density at radius 3 is 1.51 bits per heavy atom. The highest BCUT2D eigenvalue weighted by Gasteiger charge is 2.26. The van der Waals surface area contributed by atoms with Gasteiger partial charge in [-0.05, 0) is 34.4 Å². The summed E-state index contributed by atoms with van der Waals surface area (Å²) in [6.07, 6.45) is 1.45. The molecule has 1 aliphatic rings. The largest absolute Gasteiger partial charge is 0.353 e. The molecule has 0 fully saturated rings. The summed E-state index contributed by atoms with van der Waals surface area (Å²) >= 11 is 0. The van der Waals surface area contributed by atoms with Crippen LogP contribution >= 0.6 is 0 Å². The van der Waals surface area contributed by atoms with Crippen molar-refractivity contribution in [2.45, 2.75) is 0 Å². The maximum absolute atomic E-state index is 8.46. The zero-order chi connectivity index (χ0) is 34.1. The molecule has 0 amide bonds. The van der Waals surface area contributed by atoms with Crippen molar-refractivity contribution in [2.75, 3.05) is 0 Å². The van der Waals surface area contributed by atoms with Crippen molar-refractivity contribution in [1.29, 1.82) is 5.41 Å². The van der Waals surface area contributed by atoms with E-state index in [9.17, 15) is 0 Å². The van der Waals surface area contributed by atoms with E-state index >= 15 is 0 Å². The van der Waals surface area contributed by atoms with Crippen molar-refractivity contribution in [3.63, 3.8) is 0 Å². The lowest BCUT2D eigenvalue weighted by molar-refractivity contribution is 1.20. The van der Waals surface area contributed by atoms with Gasteiger partial charge in [-0.2, -0.15) is 0 Å². The van der Waals surface area contributed by atoms with E-state index in [0.29, 0.717) is 0 Å². The summed E-state index contributed by atoms with van der Waals surface area (Å²) in [5.74, 6) is 0. The van der Waals surface area contributed by atoms with Crippen LogP contribution in [-0.4, -0.2) is 16.2 Å². The number of hydrogen-bond donors (Lipinski definition) is 2. The van der Waals surface area contributed by atoms with Gasteiger partial charge in [-0.1, -0.05) is 164 Å². The second-order valence-corrected chi connectivity index (χ2v) is 12.6. The van der Waals surface area contributed by atoms with E-state index in [1.54, 1.807) is 0 Å². The number of rotatable bonds is 6. The minimum absolute atomic E-state index is 0.839. The summed E-state index contributed by atoms with van der Waals surface area (Å²) < 4.78 is 0. The average Bonchev–Trinajstić information content (AvgIpc) is 3.21. The van der Waals surface area contributed by atoms with Crippen molar-refractivity contribution in [3.8, 4) is 22.5 Å². The molecular formula is C47H32N4. The summed E-state index contributed by atoms with van der Waals surface area (Å²) in [5.41, 5.74) is 15.0. The van der Waals surface area contributed by atoms with Crippen LogP contribution in [0.5, 0.6) is 0 Å². The molecule has 3 heterocycles. The van der Waals surface area contributed by atoms with E-state index in [2.05, 4.69) is 139 Å². The van der Waals surface area contributed by atoms with E-state index < -0.39 is 0 Å². The highest BCUT2D eigenvalue weighted by molar-refractivity contribution is 6.21. The number of allylic oxidation sites excluding steroid dienone is 1. The van der Waals surface area contributed by atoms with Crippen molar-refractivity contribution in [3.05, 3.63) is 204 Å². The summed E-state index contributed by atoms with van der Waals surface area (Å²) in [6, 6.07) is 60.7. The zero-order valence-electron chi connectivity index (χ0n) is 27.7. The first-order chi connectivity index (χ1) is 25.2. The molecule has 1 aliphatic heterocycles. The topological polar surface area (TPSA) is 61.7 Å². The van der Waals surface area contributed by atoms with E-state index in [0.717, 1.165) is 94.7 Å². The van der Waals surface area contributed by atoms with Gasteiger partial charge in [0.1, 0.15) is 0 Å². The number of aromatic nitrogens is 2. The third-order valence-electron chi connectivity index (χ3n) is 9.59. The maximum Gasteiger partial charge on any atom is 0.0972 e. The molecule has 240 valence electrons. The van der Waals surface area contributed by atoms with Crippen LogP contribution in [0.15, 0.2) is 176 Å². The van der Waals surface area contributed by atoms with Crippen LogP contribution in [-0.2, 0) is 0 Å². The Kier molecular flexibility index (Phi) is 7.60. The number of nitrogens with zero attached hydrogens (tertiary/aromatic N) is 2. The van der Waals surface area contributed by atoms with E-state index in [1.165, 1.54) is 6.21 Å². The summed E-state index contributed by atoms with van der Waals surface area (Å²) in [7, 11) is 0. The molecular weight excluding hydrogens is 621 g/mol. The Bertz CT molecular complexity index is 2640. The third kappa shape index (κ3) is 5.49. The fourth-order valence-corrected chi connectivity index (χ4v) is 7.07. The minimum Gasteiger partial charge on any atom is -0.353 e. The fourth-order valence-electron chi connectivity index (χ4n) is 7.07. The normalized spacial score (nSPS) is 13.5. The van der Waals surface area contributed by atoms with Gasteiger partial charge in [-0.15, -0.1) is 0 Å². The predicted molar refractivity (Wildman–Crippen MR) is 212 cm³/mol. The Balaban J connectivity index is 1.17. The van der Waals surface area contributed by atoms with E-state index in [-0.39, 0.29) is 0 Å². The molecule has 4 heteroatoms. The van der Waals surface area contributed by atoms with Gasteiger partial charge < -0.3 is 10.7 Å². The van der Waals surface area contributed by atoms with E-state index in [1.807, 2.05) is 42.5 Å². The summed E-state index contributed by atoms with van der Waals surface area (Å²) in [5, 5.41) is 14.4. The molecule has 9 rings (SSSR count). The second kappa shape index (κ2) is 12.8. The third-order valence-corrected chi connectivity index (χ3v) is 9.59. The molecule has 0 aliphatic carbocycles. The van der Waals surface area contributed by atoms with Crippen LogP contribution in [0.1, 0.15) is 27.8 Å². The SMILES string of the molecule is N=C/C(=C1\NC(c2ccccc2)=C(c2ccc(-c3ccc4ccc5ccc(-c6ccccc6)nc5c4n3)cc2)c2ccccc21)c1ccccc1. The van der Waals surface area contributed by atoms with Crippen molar-refractivity contribution in [2.24, 2.45) is 0 Å². The van der Waals surface area contributed by atoms with Crippen LogP contribution in [0, 0.1) is 5.41 Å². The molecule has 0 saturated carbocycles. The number of nitrogens with one attached hydrogen (secondary N) is 2. The standard InChI is InChI=1S/C47H32N4/c48-30-40(31-12-4-1-5-13-31)47-39-19-11-10-18-38(39)43(44(51-47)35-16-8-3-9-17-35)34-22-20-33(21-23-34)42-29-27-37-25-24-36-26-28-41(32-14-6-2-7-15-32)49-45(36)46(37)50-42/h1-30,48,51H/b47-40+,48-30?. The summed E-state index contributed by atoms with van der Waals surface area (Å²) in [4.78, 5) is 10.3. The first-order valence-electron chi connectivity index (χ1n) is 17.1. The Morgan fingerprint density at radius 1 is 0.451 bits per heavy atom. The van der Waals surface area contributed by atoms with Crippen LogP contribution in [0.4, 0.5) is 0 Å². The zero-order valence-corrected chi connectivity index (χ0v) is 27.7. The predicted octanol–water partition coefficient (Wildman–Crippen LogP) is 11.2. The van der Waals surface area contributed by atoms with Crippen LogP contribution < -0.4 is 5.32 Å². The molecule has 0 radical (unpaired) electrons. The molecule has 0 unspecified atom stereocenters. The Labute approximate surface area is 296 Å². The first-order valence-corrected chi connectivity index (χ1v) is 17.1. The van der Waals surface area contributed by atoms with Gasteiger partial charge >= 0.3 is 0 Å². The highest BCUT2D eigenvalue weighted by Crippen LogP contribution is 2.42. The monoisotopic (exact) mass is 652 g/mol. The van der Waals surface area contributed by atoms with Gasteiger partial charge in [0.25, 0.3) is 0 Å². The quantitative estimate of drug-likeness (QED) is 0.139. The number of benzene rings is 6. The maximum atomic E-state index is 8.46. The fraction of sp³-hybridized carbons (Fsp3) is 0. The van der Waals surface area contributed by atoms with Gasteiger partial charge in [-0.25, -0.2) is 9.97 Å². The molecule has 6 aromatic carbocycles. The second-order valence-electron chi connectivity index (χ2n) is 12.6. The average molecular weight is 653 g/mol. The minimum atomic E-state index is 0.839. The number of pyridine rings is 2. The highest BCUT2D eigenvalue weighted by atomic mass is 14.9. The summed E-state index contributed by atoms with van der Waals surface area (Å²) in [6.45, 7) is 0. The lowest BCUT2D eigenvalue weighted by atomic mass is 9.84. The van der Waals surface area contributed by atoms with Crippen LogP contribution in [0.25, 0.3) is 66.9 Å². The van der Waals surface area contributed by atoms with Crippen LogP contribution in [0.3, 0.4) is 0 Å². The molecule has 51 heavy (non-hydrogen) atoms. The van der Waals surface area contributed by atoms with Gasteiger partial charge in [0.05, 0.1) is 33.8 Å². The Hall–Kier alpha value is -6.91. The lowest BCUT2D eigenvalue weighted by Crippen LogP contribution is -2.21. The molecule has 4 nitrogen and oxygen atoms in total. The lowest BCUT2D eigenvalue weighted by Gasteiger charge is -2.29. The van der Waals surface area contributed by atoms with Crippen molar-refractivity contribution < 1.29 is 0 Å². The molecule has 0 bridgehead atoms. The Morgan fingerprint density at radius 2 is 0.922 bits per heavy atom. The molecule has 8 aromatic rings. The van der Waals surface area contributed by atoms with Crippen molar-refractivity contribution in [1.82, 2.24) is 15.3 Å².